The molecule has 3 aromatic carbocycles. The van der Waals surface area contributed by atoms with Crippen LogP contribution in [0.3, 0.4) is 0 Å². The summed E-state index contributed by atoms with van der Waals surface area (Å²) in [7, 11) is 0. The minimum atomic E-state index is -0.268. The fourth-order valence-corrected chi connectivity index (χ4v) is 3.86. The van der Waals surface area contributed by atoms with E-state index in [1.807, 2.05) is 54.3 Å². The Labute approximate surface area is 166 Å². The molecule has 0 aliphatic carbocycles. The highest BCUT2D eigenvalue weighted by Gasteiger charge is 2.34. The molecule has 1 heterocycles. The zero-order valence-electron chi connectivity index (χ0n) is 16.4. The van der Waals surface area contributed by atoms with Gasteiger partial charge in [0.1, 0.15) is 11.9 Å². The van der Waals surface area contributed by atoms with Gasteiger partial charge in [0.05, 0.1) is 12.2 Å². The highest BCUT2D eigenvalue weighted by Crippen LogP contribution is 2.40. The molecule has 1 atom stereocenters. The van der Waals surface area contributed by atoms with Crippen molar-refractivity contribution < 1.29 is 9.53 Å². The lowest BCUT2D eigenvalue weighted by Crippen LogP contribution is -2.43. The Balaban J connectivity index is 1.86. The van der Waals surface area contributed by atoms with Crippen molar-refractivity contribution >= 4 is 22.4 Å². The van der Waals surface area contributed by atoms with Crippen LogP contribution in [0.2, 0.25) is 0 Å². The number of nitrogens with zero attached hydrogens (tertiary/aromatic N) is 1. The van der Waals surface area contributed by atoms with Gasteiger partial charge >= 0.3 is 0 Å². The second-order valence-corrected chi connectivity index (χ2v) is 7.08. The molecule has 0 spiro atoms. The summed E-state index contributed by atoms with van der Waals surface area (Å²) in [6.45, 7) is 5.46. The van der Waals surface area contributed by atoms with Gasteiger partial charge in [-0.1, -0.05) is 55.8 Å². The number of nitrogens with one attached hydrogen (secondary N) is 1. The van der Waals surface area contributed by atoms with Crippen molar-refractivity contribution in [2.24, 2.45) is 0 Å². The zero-order chi connectivity index (χ0) is 19.5. The standard InChI is InChI=1S/C24H26N2O2/c1-3-5-16-28-21-15-14-17-10-6-7-11-18(17)22(21)23-25-20-13-9-8-12-19(20)24(27)26(23)4-2/h6-15,23,25H,3-5,16H2,1-2H3. The summed E-state index contributed by atoms with van der Waals surface area (Å²) in [6.07, 6.45) is 1.82. The Morgan fingerprint density at radius 2 is 1.79 bits per heavy atom. The van der Waals surface area contributed by atoms with Crippen molar-refractivity contribution in [1.82, 2.24) is 4.90 Å². The number of hydrogen-bond acceptors (Lipinski definition) is 3. The van der Waals surface area contributed by atoms with Crippen LogP contribution in [0.1, 0.15) is 48.8 Å². The van der Waals surface area contributed by atoms with E-state index in [-0.39, 0.29) is 12.1 Å². The summed E-state index contributed by atoms with van der Waals surface area (Å²) in [4.78, 5) is 15.1. The maximum Gasteiger partial charge on any atom is 0.257 e. The molecule has 0 radical (unpaired) electrons. The van der Waals surface area contributed by atoms with E-state index in [9.17, 15) is 4.79 Å². The van der Waals surface area contributed by atoms with Gasteiger partial charge in [-0.15, -0.1) is 0 Å². The summed E-state index contributed by atoms with van der Waals surface area (Å²) in [5.41, 5.74) is 2.61. The first-order chi connectivity index (χ1) is 13.7. The van der Waals surface area contributed by atoms with E-state index in [0.29, 0.717) is 18.7 Å². The number of para-hydroxylation sites is 1. The van der Waals surface area contributed by atoms with Gasteiger partial charge in [0.25, 0.3) is 5.91 Å². The maximum atomic E-state index is 13.2. The van der Waals surface area contributed by atoms with Crippen LogP contribution in [0.5, 0.6) is 5.75 Å². The Kier molecular flexibility index (Phi) is 5.20. The number of anilines is 1. The lowest BCUT2D eigenvalue weighted by Gasteiger charge is -2.38. The van der Waals surface area contributed by atoms with E-state index in [1.54, 1.807) is 0 Å². The van der Waals surface area contributed by atoms with Crippen molar-refractivity contribution in [1.29, 1.82) is 0 Å². The average molecular weight is 374 g/mol. The van der Waals surface area contributed by atoms with Crippen LogP contribution in [0.25, 0.3) is 10.8 Å². The Hall–Kier alpha value is -3.01. The molecule has 0 fully saturated rings. The largest absolute Gasteiger partial charge is 0.493 e. The number of benzene rings is 3. The molecule has 0 aromatic heterocycles. The Bertz CT molecular complexity index is 999. The molecule has 144 valence electrons. The third-order valence-electron chi connectivity index (χ3n) is 5.32. The fourth-order valence-electron chi connectivity index (χ4n) is 3.86. The number of carbonyl (C=O) groups excluding carboxylic acids is 1. The van der Waals surface area contributed by atoms with Gasteiger partial charge < -0.3 is 15.0 Å². The predicted molar refractivity (Wildman–Crippen MR) is 114 cm³/mol. The summed E-state index contributed by atoms with van der Waals surface area (Å²) >= 11 is 0. The smallest absolute Gasteiger partial charge is 0.257 e. The van der Waals surface area contributed by atoms with Crippen LogP contribution in [0.4, 0.5) is 5.69 Å². The average Bonchev–Trinajstić information content (AvgIpc) is 2.73. The van der Waals surface area contributed by atoms with Crippen LogP contribution in [-0.4, -0.2) is 24.0 Å². The van der Waals surface area contributed by atoms with Crippen LogP contribution in [0, 0.1) is 0 Å². The van der Waals surface area contributed by atoms with Gasteiger partial charge in [-0.3, -0.25) is 4.79 Å². The van der Waals surface area contributed by atoms with E-state index in [2.05, 4.69) is 30.4 Å². The number of unbranched alkanes of at least 4 members (excludes halogenated alkanes) is 1. The topological polar surface area (TPSA) is 41.6 Å². The Morgan fingerprint density at radius 3 is 2.61 bits per heavy atom. The van der Waals surface area contributed by atoms with Crippen LogP contribution >= 0.6 is 0 Å². The second-order valence-electron chi connectivity index (χ2n) is 7.08. The summed E-state index contributed by atoms with van der Waals surface area (Å²) in [5.74, 6) is 0.893. The molecular formula is C24H26N2O2. The van der Waals surface area contributed by atoms with Crippen molar-refractivity contribution in [2.75, 3.05) is 18.5 Å². The molecule has 4 rings (SSSR count). The molecule has 28 heavy (non-hydrogen) atoms. The molecule has 1 N–H and O–H groups in total. The zero-order valence-corrected chi connectivity index (χ0v) is 16.4. The SMILES string of the molecule is CCCCOc1ccc2ccccc2c1C1Nc2ccccc2C(=O)N1CC. The Morgan fingerprint density at radius 1 is 1.00 bits per heavy atom. The lowest BCUT2D eigenvalue weighted by molar-refractivity contribution is 0.0693. The van der Waals surface area contributed by atoms with E-state index < -0.39 is 0 Å². The van der Waals surface area contributed by atoms with Crippen LogP contribution in [-0.2, 0) is 0 Å². The number of rotatable bonds is 6. The van der Waals surface area contributed by atoms with Crippen molar-refractivity contribution in [2.45, 2.75) is 32.9 Å². The fraction of sp³-hybridized carbons (Fsp3) is 0.292. The van der Waals surface area contributed by atoms with Gasteiger partial charge in [-0.2, -0.15) is 0 Å². The number of carbonyl (C=O) groups is 1. The quantitative estimate of drug-likeness (QED) is 0.571. The molecule has 1 aliphatic rings. The summed E-state index contributed by atoms with van der Waals surface area (Å²) < 4.78 is 6.18. The minimum absolute atomic E-state index is 0.0503. The third-order valence-corrected chi connectivity index (χ3v) is 5.32. The van der Waals surface area contributed by atoms with Gasteiger partial charge in [0.2, 0.25) is 0 Å². The van der Waals surface area contributed by atoms with Gasteiger partial charge in [-0.05, 0) is 42.3 Å². The van der Waals surface area contributed by atoms with E-state index in [0.717, 1.165) is 40.6 Å². The molecule has 1 aliphatic heterocycles. The van der Waals surface area contributed by atoms with Gasteiger partial charge in [0, 0.05) is 17.8 Å². The molecule has 0 saturated heterocycles. The highest BCUT2D eigenvalue weighted by atomic mass is 16.5. The van der Waals surface area contributed by atoms with E-state index in [4.69, 9.17) is 4.74 Å². The maximum absolute atomic E-state index is 13.2. The highest BCUT2D eigenvalue weighted by molar-refractivity contribution is 6.02. The third kappa shape index (κ3) is 3.19. The normalized spacial score (nSPS) is 16.0. The molecule has 3 aromatic rings. The van der Waals surface area contributed by atoms with E-state index in [1.165, 1.54) is 0 Å². The number of hydrogen-bond donors (Lipinski definition) is 1. The second kappa shape index (κ2) is 7.93. The molecular weight excluding hydrogens is 348 g/mol. The number of amides is 1. The van der Waals surface area contributed by atoms with Gasteiger partial charge in [0.15, 0.2) is 0 Å². The van der Waals surface area contributed by atoms with Gasteiger partial charge in [-0.25, -0.2) is 0 Å². The predicted octanol–water partition coefficient (Wildman–Crippen LogP) is 5.61. The first-order valence-corrected chi connectivity index (χ1v) is 10.1. The molecule has 4 heteroatoms. The molecule has 1 amide bonds. The van der Waals surface area contributed by atoms with E-state index >= 15 is 0 Å². The van der Waals surface area contributed by atoms with Crippen LogP contribution < -0.4 is 10.1 Å². The summed E-state index contributed by atoms with van der Waals surface area (Å²) in [6, 6.07) is 20.1. The molecule has 0 bridgehead atoms. The number of ether oxygens (including phenoxy) is 1. The summed E-state index contributed by atoms with van der Waals surface area (Å²) in [5, 5.41) is 5.85. The minimum Gasteiger partial charge on any atom is -0.493 e. The molecule has 1 unspecified atom stereocenters. The van der Waals surface area contributed by atoms with Crippen molar-refractivity contribution in [3.63, 3.8) is 0 Å². The molecule has 4 nitrogen and oxygen atoms in total. The first-order valence-electron chi connectivity index (χ1n) is 10.1. The monoisotopic (exact) mass is 374 g/mol. The van der Waals surface area contributed by atoms with Crippen molar-refractivity contribution in [3.05, 3.63) is 71.8 Å². The van der Waals surface area contributed by atoms with Crippen LogP contribution in [0.15, 0.2) is 60.7 Å². The first kappa shape index (κ1) is 18.4. The number of fused-ring (bicyclic) bond motifs is 2. The van der Waals surface area contributed by atoms with Crippen molar-refractivity contribution in [3.8, 4) is 5.75 Å². The molecule has 0 saturated carbocycles. The lowest BCUT2D eigenvalue weighted by atomic mass is 9.97.